The van der Waals surface area contributed by atoms with Crippen molar-refractivity contribution in [2.75, 3.05) is 0 Å². The second-order valence-electron chi connectivity index (χ2n) is 9.31. The van der Waals surface area contributed by atoms with E-state index in [-0.39, 0.29) is 12.0 Å². The number of hydrogen-bond donors (Lipinski definition) is 1. The third-order valence-corrected chi connectivity index (χ3v) is 7.67. The van der Waals surface area contributed by atoms with Crippen molar-refractivity contribution >= 4 is 18.9 Å². The molecule has 2 unspecified atom stereocenters. The smallest absolute Gasteiger partial charge is 0.481 e. The molecule has 1 heterocycles. The molecule has 0 aromatic carbocycles. The number of Topliss-reactive ketones (excluding diaryl/α,β-unsaturated/α-hetero) is 1. The summed E-state index contributed by atoms with van der Waals surface area (Å²) in [6, 6.07) is 0. The summed E-state index contributed by atoms with van der Waals surface area (Å²) in [5.41, 5.74) is -6.04. The molecule has 0 amide bonds. The molecule has 7 heteroatoms. The molecule has 2 saturated carbocycles. The van der Waals surface area contributed by atoms with Gasteiger partial charge in [0.05, 0.1) is 11.2 Å². The Labute approximate surface area is 148 Å². The average Bonchev–Trinajstić information content (AvgIpc) is 2.86. The van der Waals surface area contributed by atoms with Crippen molar-refractivity contribution < 1.29 is 28.4 Å². The zero-order valence-corrected chi connectivity index (χ0v) is 15.9. The van der Waals surface area contributed by atoms with E-state index >= 15 is 4.39 Å². The lowest BCUT2D eigenvalue weighted by Crippen LogP contribution is -2.42. The molecule has 2 aliphatic carbocycles. The third-order valence-electron chi connectivity index (χ3n) is 7.67. The Balaban J connectivity index is 2.18. The number of carbonyl (C=O) groups is 2. The fourth-order valence-corrected chi connectivity index (χ4v) is 4.70. The molecule has 3 aliphatic rings. The zero-order valence-electron chi connectivity index (χ0n) is 15.9. The Morgan fingerprint density at radius 1 is 1.04 bits per heavy atom. The highest BCUT2D eigenvalue weighted by Crippen LogP contribution is 2.73. The largest absolute Gasteiger partial charge is 0.525 e. The number of hydrogen-bond acceptors (Lipinski definition) is 4. The molecule has 3 rings (SSSR count). The summed E-state index contributed by atoms with van der Waals surface area (Å²) in [6.45, 7) is 12.4. The van der Waals surface area contributed by atoms with Crippen molar-refractivity contribution in [3.8, 4) is 0 Å². The molecule has 0 aromatic rings. The van der Waals surface area contributed by atoms with Crippen LogP contribution in [-0.4, -0.2) is 35.2 Å². The van der Waals surface area contributed by atoms with Crippen LogP contribution in [0.15, 0.2) is 11.3 Å². The van der Waals surface area contributed by atoms with Gasteiger partial charge < -0.3 is 14.4 Å². The summed E-state index contributed by atoms with van der Waals surface area (Å²) in [4.78, 5) is 25.3. The number of rotatable bonds is 2. The minimum absolute atomic E-state index is 0.236. The van der Waals surface area contributed by atoms with Crippen molar-refractivity contribution in [2.24, 2.45) is 16.2 Å². The minimum atomic E-state index is -1.55. The molecule has 0 aromatic heterocycles. The van der Waals surface area contributed by atoms with Crippen LogP contribution in [0.25, 0.3) is 0 Å². The van der Waals surface area contributed by atoms with E-state index in [0.29, 0.717) is 6.42 Å². The monoisotopic (exact) mass is 352 g/mol. The van der Waals surface area contributed by atoms with Crippen molar-refractivity contribution in [3.05, 3.63) is 11.3 Å². The summed E-state index contributed by atoms with van der Waals surface area (Å²) in [7, 11) is -1.36. The quantitative estimate of drug-likeness (QED) is 0.610. The number of aliphatic carboxylic acids is 1. The van der Waals surface area contributed by atoms with Crippen LogP contribution in [0.5, 0.6) is 0 Å². The maximum absolute atomic E-state index is 15.5. The predicted octanol–water partition coefficient (Wildman–Crippen LogP) is 3.32. The van der Waals surface area contributed by atoms with Gasteiger partial charge in [0, 0.05) is 11.0 Å². The highest BCUT2D eigenvalue weighted by Gasteiger charge is 2.77. The first kappa shape index (κ1) is 18.6. The van der Waals surface area contributed by atoms with E-state index in [0.717, 1.165) is 0 Å². The van der Waals surface area contributed by atoms with Crippen LogP contribution in [0.2, 0.25) is 0 Å². The maximum Gasteiger partial charge on any atom is 0.525 e. The number of carbonyl (C=O) groups excluding carboxylic acids is 1. The van der Waals surface area contributed by atoms with Crippen LogP contribution >= 0.6 is 0 Å². The number of carboxylic acid groups (broad SMARTS) is 1. The first-order chi connectivity index (χ1) is 11.2. The molecule has 5 nitrogen and oxygen atoms in total. The highest BCUT2D eigenvalue weighted by molar-refractivity contribution is 6.55. The van der Waals surface area contributed by atoms with Gasteiger partial charge in [0.2, 0.25) is 0 Å². The van der Waals surface area contributed by atoms with Crippen LogP contribution in [0.1, 0.15) is 61.3 Å². The molecule has 25 heavy (non-hydrogen) atoms. The van der Waals surface area contributed by atoms with Crippen LogP contribution in [0, 0.1) is 16.2 Å². The van der Waals surface area contributed by atoms with Crippen molar-refractivity contribution in [2.45, 2.75) is 72.5 Å². The lowest BCUT2D eigenvalue weighted by molar-refractivity contribution is -0.151. The van der Waals surface area contributed by atoms with Crippen molar-refractivity contribution in [1.29, 1.82) is 0 Å². The van der Waals surface area contributed by atoms with Gasteiger partial charge in [0.25, 0.3) is 0 Å². The van der Waals surface area contributed by atoms with Gasteiger partial charge in [-0.25, -0.2) is 4.39 Å². The maximum atomic E-state index is 15.5. The molecular weight excluding hydrogens is 326 g/mol. The van der Waals surface area contributed by atoms with E-state index in [2.05, 4.69) is 0 Å². The summed E-state index contributed by atoms with van der Waals surface area (Å²) in [6.07, 6.45) is 0.672. The van der Waals surface area contributed by atoms with Crippen molar-refractivity contribution in [1.82, 2.24) is 0 Å². The first-order valence-electron chi connectivity index (χ1n) is 8.70. The topological polar surface area (TPSA) is 72.8 Å². The van der Waals surface area contributed by atoms with E-state index in [1.807, 2.05) is 0 Å². The molecular formula is C18H26BFO5. The molecule has 0 radical (unpaired) electrons. The van der Waals surface area contributed by atoms with Gasteiger partial charge in [0.15, 0.2) is 5.78 Å². The van der Waals surface area contributed by atoms with Gasteiger partial charge in [-0.3, -0.25) is 9.59 Å². The normalized spacial score (nSPS) is 39.8. The lowest BCUT2D eigenvalue weighted by atomic mass is 9.63. The Morgan fingerprint density at radius 3 is 1.96 bits per heavy atom. The third kappa shape index (κ3) is 1.86. The molecule has 2 atom stereocenters. The zero-order chi connectivity index (χ0) is 19.2. The highest BCUT2D eigenvalue weighted by atomic mass is 19.1. The van der Waals surface area contributed by atoms with E-state index in [1.54, 1.807) is 48.5 Å². The van der Waals surface area contributed by atoms with E-state index in [1.165, 1.54) is 0 Å². The number of ketones is 1. The molecule has 1 N–H and O–H groups in total. The second-order valence-corrected chi connectivity index (χ2v) is 9.31. The molecule has 1 saturated heterocycles. The summed E-state index contributed by atoms with van der Waals surface area (Å²) in [5.74, 6) is -1.59. The standard InChI is InChI=1S/C18H26BFO5/c1-14(2)17(7)8-9-18(14,13(22)23)10(11(17)21)12(20)19-24-15(3,4)16(5,6)25-19/h8-9H2,1-7H3,(H,22,23). The fraction of sp³-hybridized carbons (Fsp3) is 0.778. The molecule has 2 bridgehead atoms. The van der Waals surface area contributed by atoms with Gasteiger partial charge in [0.1, 0.15) is 11.1 Å². The number of halogens is 1. The lowest BCUT2D eigenvalue weighted by Gasteiger charge is -2.36. The molecule has 0 spiro atoms. The van der Waals surface area contributed by atoms with Gasteiger partial charge in [-0.2, -0.15) is 0 Å². The average molecular weight is 352 g/mol. The Bertz CT molecular complexity index is 694. The van der Waals surface area contributed by atoms with Gasteiger partial charge in [-0.15, -0.1) is 0 Å². The number of fused-ring (bicyclic) bond motifs is 2. The summed E-state index contributed by atoms with van der Waals surface area (Å²) < 4.78 is 26.9. The van der Waals surface area contributed by atoms with Crippen LogP contribution in [0.3, 0.4) is 0 Å². The summed E-state index contributed by atoms with van der Waals surface area (Å²) >= 11 is 0. The van der Waals surface area contributed by atoms with Crippen LogP contribution < -0.4 is 0 Å². The molecule has 3 fully saturated rings. The van der Waals surface area contributed by atoms with Crippen molar-refractivity contribution in [3.63, 3.8) is 0 Å². The van der Waals surface area contributed by atoms with E-state index < -0.39 is 52.0 Å². The van der Waals surface area contributed by atoms with Gasteiger partial charge in [-0.1, -0.05) is 20.8 Å². The Morgan fingerprint density at radius 2 is 1.52 bits per heavy atom. The number of carboxylic acids is 1. The van der Waals surface area contributed by atoms with Crippen LogP contribution in [-0.2, 0) is 18.9 Å². The molecule has 1 aliphatic heterocycles. The Kier molecular flexibility index (Phi) is 3.52. The van der Waals surface area contributed by atoms with Gasteiger partial charge in [-0.05, 0) is 46.0 Å². The van der Waals surface area contributed by atoms with E-state index in [4.69, 9.17) is 9.31 Å². The summed E-state index contributed by atoms with van der Waals surface area (Å²) in [5, 5.41) is 9.99. The second kappa shape index (κ2) is 4.74. The predicted molar refractivity (Wildman–Crippen MR) is 90.4 cm³/mol. The molecule has 138 valence electrons. The van der Waals surface area contributed by atoms with Crippen LogP contribution in [0.4, 0.5) is 4.39 Å². The first-order valence-corrected chi connectivity index (χ1v) is 8.70. The fourth-order valence-electron chi connectivity index (χ4n) is 4.70. The SMILES string of the molecule is CC1(C)OB(C(F)=C2C(=O)C3(C)CCC2(C(=O)O)C3(C)C)OC1(C)C. The Hall–Kier alpha value is -1.21. The van der Waals surface area contributed by atoms with E-state index in [9.17, 15) is 14.7 Å². The van der Waals surface area contributed by atoms with Gasteiger partial charge >= 0.3 is 13.1 Å². The minimum Gasteiger partial charge on any atom is -0.481 e.